The number of aliphatic carboxylic acids is 1. The van der Waals surface area contributed by atoms with Gasteiger partial charge < -0.3 is 9.84 Å². The second-order valence-electron chi connectivity index (χ2n) is 6.45. The molecule has 0 aliphatic carbocycles. The summed E-state index contributed by atoms with van der Waals surface area (Å²) in [5, 5.41) is 13.3. The molecule has 0 saturated carbocycles. The lowest BCUT2D eigenvalue weighted by Gasteiger charge is -2.32. The van der Waals surface area contributed by atoms with Gasteiger partial charge in [0.1, 0.15) is 12.3 Å². The molecule has 1 aliphatic heterocycles. The van der Waals surface area contributed by atoms with Gasteiger partial charge in [0.15, 0.2) is 0 Å². The Hall–Kier alpha value is -2.34. The molecule has 1 atom stereocenters. The van der Waals surface area contributed by atoms with Gasteiger partial charge in [-0.3, -0.25) is 14.4 Å². The van der Waals surface area contributed by atoms with Crippen LogP contribution in [-0.4, -0.2) is 45.5 Å². The van der Waals surface area contributed by atoms with Crippen molar-refractivity contribution in [2.75, 3.05) is 19.7 Å². The van der Waals surface area contributed by atoms with Crippen molar-refractivity contribution in [1.82, 2.24) is 14.7 Å². The number of piperidine rings is 1. The Morgan fingerprint density at radius 3 is 3.00 bits per heavy atom. The topological polar surface area (TPSA) is 67.6 Å². The van der Waals surface area contributed by atoms with Crippen LogP contribution in [0.4, 0.5) is 0 Å². The van der Waals surface area contributed by atoms with Gasteiger partial charge in [0.2, 0.25) is 0 Å². The van der Waals surface area contributed by atoms with Crippen LogP contribution in [0.25, 0.3) is 0 Å². The first-order valence-corrected chi connectivity index (χ1v) is 8.84. The zero-order valence-corrected chi connectivity index (χ0v) is 14.6. The molecule has 25 heavy (non-hydrogen) atoms. The monoisotopic (exact) mass is 343 g/mol. The third-order valence-electron chi connectivity index (χ3n) is 4.55. The van der Waals surface area contributed by atoms with E-state index in [1.807, 2.05) is 31.2 Å². The van der Waals surface area contributed by atoms with Gasteiger partial charge in [-0.05, 0) is 38.4 Å². The van der Waals surface area contributed by atoms with Crippen molar-refractivity contribution in [3.63, 3.8) is 0 Å². The number of carboxylic acids is 1. The molecule has 0 unspecified atom stereocenters. The first-order valence-electron chi connectivity index (χ1n) is 8.84. The van der Waals surface area contributed by atoms with Crippen molar-refractivity contribution in [1.29, 1.82) is 0 Å². The average Bonchev–Trinajstić information content (AvgIpc) is 3.05. The molecule has 6 nitrogen and oxygen atoms in total. The lowest BCUT2D eigenvalue weighted by atomic mass is 9.94. The van der Waals surface area contributed by atoms with Crippen LogP contribution in [0.5, 0.6) is 5.75 Å². The Balaban J connectivity index is 1.65. The van der Waals surface area contributed by atoms with Crippen molar-refractivity contribution in [2.45, 2.75) is 38.8 Å². The predicted molar refractivity (Wildman–Crippen MR) is 94.7 cm³/mol. The van der Waals surface area contributed by atoms with Gasteiger partial charge in [-0.2, -0.15) is 5.10 Å². The van der Waals surface area contributed by atoms with Crippen molar-refractivity contribution in [3.8, 4) is 5.75 Å². The van der Waals surface area contributed by atoms with Crippen molar-refractivity contribution in [3.05, 3.63) is 47.8 Å². The number of hydrogen-bond donors (Lipinski definition) is 1. The number of carbonyl (C=O) groups is 1. The maximum atomic E-state index is 10.8. The minimum absolute atomic E-state index is 0.0852. The number of likely N-dealkylation sites (tertiary alicyclic amines) is 1. The van der Waals surface area contributed by atoms with Crippen molar-refractivity contribution >= 4 is 5.97 Å². The summed E-state index contributed by atoms with van der Waals surface area (Å²) in [6, 6.07) is 10.1. The minimum atomic E-state index is -0.868. The van der Waals surface area contributed by atoms with Crippen molar-refractivity contribution < 1.29 is 14.6 Å². The Morgan fingerprint density at radius 2 is 2.20 bits per heavy atom. The van der Waals surface area contributed by atoms with E-state index in [2.05, 4.69) is 16.1 Å². The lowest BCUT2D eigenvalue weighted by Crippen LogP contribution is -2.34. The molecule has 0 bridgehead atoms. The van der Waals surface area contributed by atoms with E-state index in [1.165, 1.54) is 10.2 Å². The number of ether oxygens (including phenoxy) is 1. The average molecular weight is 343 g/mol. The second kappa shape index (κ2) is 8.16. The predicted octanol–water partition coefficient (Wildman–Crippen LogP) is 2.75. The zero-order chi connectivity index (χ0) is 17.6. The molecule has 3 rings (SSSR count). The molecule has 0 radical (unpaired) electrons. The number of carboxylic acid groups (broad SMARTS) is 1. The third kappa shape index (κ3) is 4.60. The fourth-order valence-electron chi connectivity index (χ4n) is 3.43. The van der Waals surface area contributed by atoms with Crippen LogP contribution < -0.4 is 4.74 Å². The Kier molecular flexibility index (Phi) is 5.71. The number of rotatable bonds is 7. The van der Waals surface area contributed by atoms with Crippen LogP contribution in [0, 0.1) is 0 Å². The summed E-state index contributed by atoms with van der Waals surface area (Å²) in [6.45, 7) is 5.44. The highest BCUT2D eigenvalue weighted by Gasteiger charge is 2.24. The molecule has 1 saturated heterocycles. The van der Waals surface area contributed by atoms with Gasteiger partial charge in [-0.15, -0.1) is 0 Å². The summed E-state index contributed by atoms with van der Waals surface area (Å²) in [5.41, 5.74) is 2.20. The van der Waals surface area contributed by atoms with Crippen LogP contribution in [0.15, 0.2) is 36.5 Å². The Bertz CT molecular complexity index is 713. The van der Waals surface area contributed by atoms with Gasteiger partial charge in [0.05, 0.1) is 12.3 Å². The van der Waals surface area contributed by atoms with Crippen molar-refractivity contribution in [2.24, 2.45) is 0 Å². The first-order chi connectivity index (χ1) is 12.2. The third-order valence-corrected chi connectivity index (χ3v) is 4.55. The fourth-order valence-corrected chi connectivity index (χ4v) is 3.43. The van der Waals surface area contributed by atoms with E-state index in [9.17, 15) is 4.79 Å². The summed E-state index contributed by atoms with van der Waals surface area (Å²) in [6.07, 6.45) is 3.97. The van der Waals surface area contributed by atoms with Gasteiger partial charge >= 0.3 is 5.97 Å². The number of hydrogen-bond acceptors (Lipinski definition) is 4. The fraction of sp³-hybridized carbons (Fsp3) is 0.474. The van der Waals surface area contributed by atoms with Crippen LogP contribution in [0.1, 0.15) is 36.9 Å². The van der Waals surface area contributed by atoms with Crippen LogP contribution >= 0.6 is 0 Å². The SMILES string of the molecule is CCOc1ccccc1CN1CCC[C@H](c2ccn(CC(=O)O)n2)C1. The summed E-state index contributed by atoms with van der Waals surface area (Å²) >= 11 is 0. The molecule has 134 valence electrons. The van der Waals surface area contributed by atoms with Gasteiger partial charge in [0.25, 0.3) is 0 Å². The highest BCUT2D eigenvalue weighted by Crippen LogP contribution is 2.28. The summed E-state index contributed by atoms with van der Waals surface area (Å²) < 4.78 is 7.23. The van der Waals surface area contributed by atoms with Crippen LogP contribution in [0.3, 0.4) is 0 Å². The van der Waals surface area contributed by atoms with Crippen LogP contribution in [0.2, 0.25) is 0 Å². The molecule has 2 heterocycles. The molecule has 1 aromatic heterocycles. The number of nitrogens with zero attached hydrogens (tertiary/aromatic N) is 3. The normalized spacial score (nSPS) is 18.2. The highest BCUT2D eigenvalue weighted by atomic mass is 16.5. The molecule has 1 aromatic carbocycles. The second-order valence-corrected chi connectivity index (χ2v) is 6.45. The molecular weight excluding hydrogens is 318 g/mol. The highest BCUT2D eigenvalue weighted by molar-refractivity contribution is 5.66. The molecule has 6 heteroatoms. The smallest absolute Gasteiger partial charge is 0.325 e. The first kappa shape index (κ1) is 17.5. The zero-order valence-electron chi connectivity index (χ0n) is 14.6. The van der Waals surface area contributed by atoms with E-state index in [4.69, 9.17) is 9.84 Å². The van der Waals surface area contributed by atoms with E-state index >= 15 is 0 Å². The Labute approximate surface area is 148 Å². The summed E-state index contributed by atoms with van der Waals surface area (Å²) in [4.78, 5) is 13.2. The maximum Gasteiger partial charge on any atom is 0.325 e. The molecular formula is C19H25N3O3. The molecule has 2 aromatic rings. The lowest BCUT2D eigenvalue weighted by molar-refractivity contribution is -0.137. The van der Waals surface area contributed by atoms with E-state index in [-0.39, 0.29) is 6.54 Å². The van der Waals surface area contributed by atoms with E-state index < -0.39 is 5.97 Å². The number of aromatic nitrogens is 2. The van der Waals surface area contributed by atoms with Gasteiger partial charge in [0, 0.05) is 30.8 Å². The minimum Gasteiger partial charge on any atom is -0.494 e. The standard InChI is InChI=1S/C19H25N3O3/c1-2-25-18-8-4-3-6-16(18)13-21-10-5-7-15(12-21)17-9-11-22(20-17)14-19(23)24/h3-4,6,8-9,11,15H,2,5,7,10,12-14H2,1H3,(H,23,24)/t15-/m0/s1. The largest absolute Gasteiger partial charge is 0.494 e. The van der Waals surface area contributed by atoms with E-state index in [0.29, 0.717) is 12.5 Å². The van der Waals surface area contributed by atoms with E-state index in [1.54, 1.807) is 6.20 Å². The van der Waals surface area contributed by atoms with Gasteiger partial charge in [-0.1, -0.05) is 18.2 Å². The van der Waals surface area contributed by atoms with Crippen LogP contribution in [-0.2, 0) is 17.9 Å². The quantitative estimate of drug-likeness (QED) is 0.837. The van der Waals surface area contributed by atoms with E-state index in [0.717, 1.165) is 43.9 Å². The maximum absolute atomic E-state index is 10.8. The van der Waals surface area contributed by atoms with Gasteiger partial charge in [-0.25, -0.2) is 0 Å². The molecule has 1 fully saturated rings. The molecule has 0 amide bonds. The Morgan fingerprint density at radius 1 is 1.36 bits per heavy atom. The molecule has 0 spiro atoms. The molecule has 1 aliphatic rings. The molecule has 1 N–H and O–H groups in total. The number of para-hydroxylation sites is 1. The summed E-state index contributed by atoms with van der Waals surface area (Å²) in [7, 11) is 0. The summed E-state index contributed by atoms with van der Waals surface area (Å²) in [5.74, 6) is 0.438. The number of benzene rings is 1.